The zero-order chi connectivity index (χ0) is 23.4. The highest BCUT2D eigenvalue weighted by molar-refractivity contribution is 6.19. The SMILES string of the molecule is CC1(C)OC(=O)C2=C1NC(N)=C(C#N)C21C(=O)N(CCCc2ccccc2)c2ccccc21. The van der Waals surface area contributed by atoms with E-state index in [2.05, 4.69) is 23.5 Å². The Balaban J connectivity index is 1.64. The van der Waals surface area contributed by atoms with E-state index in [0.717, 1.165) is 12.8 Å². The minimum absolute atomic E-state index is 0.0268. The lowest BCUT2D eigenvalue weighted by molar-refractivity contribution is -0.145. The van der Waals surface area contributed by atoms with Gasteiger partial charge < -0.3 is 20.7 Å². The molecule has 7 heteroatoms. The number of fused-ring (bicyclic) bond motifs is 3. The molecule has 1 amide bonds. The number of cyclic esters (lactones) is 1. The van der Waals surface area contributed by atoms with Crippen LogP contribution in [-0.4, -0.2) is 24.0 Å². The largest absolute Gasteiger partial charge is 0.450 e. The summed E-state index contributed by atoms with van der Waals surface area (Å²) in [6, 6.07) is 19.5. The number of nitriles is 1. The maximum Gasteiger partial charge on any atom is 0.338 e. The number of anilines is 1. The van der Waals surface area contributed by atoms with Crippen LogP contribution in [0.4, 0.5) is 5.69 Å². The molecular formula is C26H24N4O3. The number of rotatable bonds is 4. The van der Waals surface area contributed by atoms with Crippen LogP contribution in [0.15, 0.2) is 77.3 Å². The Kier molecular flexibility index (Phi) is 4.57. The maximum atomic E-state index is 14.2. The molecule has 0 aromatic heterocycles. The zero-order valence-corrected chi connectivity index (χ0v) is 18.5. The second kappa shape index (κ2) is 7.24. The second-order valence-corrected chi connectivity index (χ2v) is 8.99. The van der Waals surface area contributed by atoms with Gasteiger partial charge in [-0.05, 0) is 38.3 Å². The Morgan fingerprint density at radius 1 is 1.09 bits per heavy atom. The van der Waals surface area contributed by atoms with Crippen molar-refractivity contribution in [3.8, 4) is 6.07 Å². The minimum Gasteiger partial charge on any atom is -0.450 e. The topological polar surface area (TPSA) is 108 Å². The van der Waals surface area contributed by atoms with E-state index < -0.39 is 17.0 Å². The van der Waals surface area contributed by atoms with E-state index in [9.17, 15) is 14.9 Å². The molecule has 1 spiro atoms. The number of esters is 1. The molecule has 2 aromatic rings. The summed E-state index contributed by atoms with van der Waals surface area (Å²) < 4.78 is 5.62. The number of nitrogens with zero attached hydrogens (tertiary/aromatic N) is 2. The summed E-state index contributed by atoms with van der Waals surface area (Å²) in [5, 5.41) is 13.1. The van der Waals surface area contributed by atoms with Crippen LogP contribution in [0, 0.1) is 11.3 Å². The van der Waals surface area contributed by atoms with Crippen molar-refractivity contribution < 1.29 is 14.3 Å². The van der Waals surface area contributed by atoms with Gasteiger partial charge in [-0.15, -0.1) is 0 Å². The molecule has 0 saturated carbocycles. The summed E-state index contributed by atoms with van der Waals surface area (Å²) in [6.07, 6.45) is 1.52. The minimum atomic E-state index is -1.62. The number of hydrogen-bond acceptors (Lipinski definition) is 6. The van der Waals surface area contributed by atoms with Crippen molar-refractivity contribution >= 4 is 17.6 Å². The van der Waals surface area contributed by atoms with Crippen LogP contribution >= 0.6 is 0 Å². The van der Waals surface area contributed by atoms with Gasteiger partial charge in [0.15, 0.2) is 0 Å². The average molecular weight is 441 g/mol. The van der Waals surface area contributed by atoms with E-state index >= 15 is 0 Å². The third-order valence-electron chi connectivity index (χ3n) is 6.65. The number of amides is 1. The predicted octanol–water partition coefficient (Wildman–Crippen LogP) is 2.79. The first-order valence-corrected chi connectivity index (χ1v) is 10.9. The molecule has 166 valence electrons. The number of nitrogens with two attached hydrogens (primary N) is 1. The fraction of sp³-hybridized carbons (Fsp3) is 0.269. The zero-order valence-electron chi connectivity index (χ0n) is 18.5. The summed E-state index contributed by atoms with van der Waals surface area (Å²) in [5.74, 6) is -0.895. The number of nitrogens with one attached hydrogen (secondary N) is 1. The standard InChI is InChI=1S/C26H24N4O3/c1-25(2)21-20(23(31)33-25)26(18(15-27)22(28)29-21)17-12-6-7-13-19(17)30(24(26)32)14-8-11-16-9-4-3-5-10-16/h3-7,9-10,12-13,29H,8,11,14,28H2,1-2H3. The molecular weight excluding hydrogens is 416 g/mol. The van der Waals surface area contributed by atoms with Crippen LogP contribution in [0.1, 0.15) is 31.4 Å². The Bertz CT molecular complexity index is 1290. The molecule has 0 saturated heterocycles. The Morgan fingerprint density at radius 3 is 2.52 bits per heavy atom. The van der Waals surface area contributed by atoms with E-state index in [1.807, 2.05) is 30.3 Å². The van der Waals surface area contributed by atoms with Crippen LogP contribution in [0.3, 0.4) is 0 Å². The number of aryl methyl sites for hydroxylation is 1. The molecule has 33 heavy (non-hydrogen) atoms. The van der Waals surface area contributed by atoms with Crippen molar-refractivity contribution in [1.29, 1.82) is 5.26 Å². The lowest BCUT2D eigenvalue weighted by Gasteiger charge is -2.34. The molecule has 0 radical (unpaired) electrons. The van der Waals surface area contributed by atoms with E-state index in [4.69, 9.17) is 10.5 Å². The monoisotopic (exact) mass is 440 g/mol. The lowest BCUT2D eigenvalue weighted by atomic mass is 9.67. The number of carbonyl (C=O) groups is 2. The van der Waals surface area contributed by atoms with Crippen LogP contribution in [0.25, 0.3) is 0 Å². The van der Waals surface area contributed by atoms with E-state index in [1.54, 1.807) is 30.9 Å². The molecule has 2 aromatic carbocycles. The van der Waals surface area contributed by atoms with Crippen molar-refractivity contribution in [2.24, 2.45) is 5.73 Å². The van der Waals surface area contributed by atoms with E-state index in [1.165, 1.54) is 5.56 Å². The number of benzene rings is 2. The van der Waals surface area contributed by atoms with Gasteiger partial charge in [0.1, 0.15) is 22.9 Å². The van der Waals surface area contributed by atoms with Gasteiger partial charge >= 0.3 is 5.97 Å². The second-order valence-electron chi connectivity index (χ2n) is 8.99. The van der Waals surface area contributed by atoms with Gasteiger partial charge in [-0.25, -0.2) is 4.79 Å². The maximum absolute atomic E-state index is 14.2. The molecule has 0 fully saturated rings. The van der Waals surface area contributed by atoms with Crippen LogP contribution in [-0.2, 0) is 26.2 Å². The molecule has 1 atom stereocenters. The van der Waals surface area contributed by atoms with Gasteiger partial charge in [0, 0.05) is 17.8 Å². The summed E-state index contributed by atoms with van der Waals surface area (Å²) in [5.41, 5.74) is 6.72. The highest BCUT2D eigenvalue weighted by atomic mass is 16.6. The number of ether oxygens (including phenoxy) is 1. The lowest BCUT2D eigenvalue weighted by Crippen LogP contribution is -2.50. The average Bonchev–Trinajstić information content (AvgIpc) is 3.17. The van der Waals surface area contributed by atoms with Crippen molar-refractivity contribution in [2.45, 2.75) is 37.7 Å². The van der Waals surface area contributed by atoms with Crippen molar-refractivity contribution in [1.82, 2.24) is 5.32 Å². The van der Waals surface area contributed by atoms with Gasteiger partial charge in [-0.3, -0.25) is 4.79 Å². The smallest absolute Gasteiger partial charge is 0.338 e. The van der Waals surface area contributed by atoms with E-state index in [0.29, 0.717) is 23.5 Å². The van der Waals surface area contributed by atoms with Gasteiger partial charge in [0.25, 0.3) is 0 Å². The Labute approximate surface area is 192 Å². The normalized spacial score (nSPS) is 22.8. The number of carbonyl (C=O) groups excluding carboxylic acids is 2. The molecule has 1 unspecified atom stereocenters. The third-order valence-corrected chi connectivity index (χ3v) is 6.65. The highest BCUT2D eigenvalue weighted by Crippen LogP contribution is 2.56. The summed E-state index contributed by atoms with van der Waals surface area (Å²) in [7, 11) is 0. The summed E-state index contributed by atoms with van der Waals surface area (Å²) in [6.45, 7) is 3.92. The van der Waals surface area contributed by atoms with Gasteiger partial charge in [-0.2, -0.15) is 5.26 Å². The molecule has 0 bridgehead atoms. The molecule has 7 nitrogen and oxygen atoms in total. The molecule has 0 aliphatic carbocycles. The number of para-hydroxylation sites is 1. The summed E-state index contributed by atoms with van der Waals surface area (Å²) in [4.78, 5) is 29.0. The van der Waals surface area contributed by atoms with Crippen molar-refractivity contribution in [3.05, 3.63) is 88.4 Å². The van der Waals surface area contributed by atoms with Gasteiger partial charge in [-0.1, -0.05) is 48.5 Å². The van der Waals surface area contributed by atoms with Gasteiger partial charge in [0.2, 0.25) is 5.91 Å². The molecule has 5 rings (SSSR count). The highest BCUT2D eigenvalue weighted by Gasteiger charge is 2.64. The first kappa shape index (κ1) is 20.8. The molecule has 3 heterocycles. The van der Waals surface area contributed by atoms with Crippen LogP contribution < -0.4 is 16.0 Å². The fourth-order valence-corrected chi connectivity index (χ4v) is 5.20. The molecule has 3 N–H and O–H groups in total. The molecule has 3 aliphatic rings. The predicted molar refractivity (Wildman–Crippen MR) is 122 cm³/mol. The first-order chi connectivity index (χ1) is 15.8. The molecule has 3 aliphatic heterocycles. The Morgan fingerprint density at radius 2 is 1.79 bits per heavy atom. The fourth-order valence-electron chi connectivity index (χ4n) is 5.20. The Hall–Kier alpha value is -4.05. The van der Waals surface area contributed by atoms with Crippen LogP contribution in [0.5, 0.6) is 0 Å². The number of hydrogen-bond donors (Lipinski definition) is 2. The van der Waals surface area contributed by atoms with Crippen LogP contribution in [0.2, 0.25) is 0 Å². The number of dihydropyridines is 1. The van der Waals surface area contributed by atoms with Crippen molar-refractivity contribution in [3.63, 3.8) is 0 Å². The van der Waals surface area contributed by atoms with Gasteiger partial charge in [0.05, 0.1) is 16.8 Å². The van der Waals surface area contributed by atoms with Crippen molar-refractivity contribution in [2.75, 3.05) is 11.4 Å². The summed E-state index contributed by atoms with van der Waals surface area (Å²) >= 11 is 0. The van der Waals surface area contributed by atoms with E-state index in [-0.39, 0.29) is 22.9 Å². The quantitative estimate of drug-likeness (QED) is 0.708. The third kappa shape index (κ3) is 2.80. The first-order valence-electron chi connectivity index (χ1n) is 10.9.